The summed E-state index contributed by atoms with van der Waals surface area (Å²) in [7, 11) is 0. The van der Waals surface area contributed by atoms with Crippen molar-refractivity contribution in [3.63, 3.8) is 0 Å². The molecule has 1 saturated heterocycles. The molecule has 1 unspecified atom stereocenters. The molecule has 1 atom stereocenters. The van der Waals surface area contributed by atoms with E-state index in [2.05, 4.69) is 17.4 Å². The second-order valence-electron chi connectivity index (χ2n) is 8.06. The zero-order valence-electron chi connectivity index (χ0n) is 15.9. The fourth-order valence-electron chi connectivity index (χ4n) is 4.15. The highest BCUT2D eigenvalue weighted by atomic mass is 32.2. The van der Waals surface area contributed by atoms with Crippen molar-refractivity contribution in [3.8, 4) is 0 Å². The number of benzene rings is 1. The monoisotopic (exact) mass is 385 g/mol. The quantitative estimate of drug-likeness (QED) is 0.809. The predicted octanol–water partition coefficient (Wildman–Crippen LogP) is 3.62. The average molecular weight is 386 g/mol. The number of carbonyl (C=O) groups is 2. The fraction of sp³-hybridized carbons (Fsp3) is 0.571. The molecule has 1 aliphatic carbocycles. The third-order valence-corrected chi connectivity index (χ3v) is 7.01. The molecular weight excluding hydrogens is 358 g/mol. The van der Waals surface area contributed by atoms with Crippen LogP contribution in [0.2, 0.25) is 0 Å². The molecular formula is C21H27N3O2S. The van der Waals surface area contributed by atoms with E-state index in [0.717, 1.165) is 12.8 Å². The lowest BCUT2D eigenvalue weighted by atomic mass is 10.1. The van der Waals surface area contributed by atoms with E-state index in [1.165, 1.54) is 48.6 Å². The van der Waals surface area contributed by atoms with Crippen molar-refractivity contribution >= 4 is 28.7 Å². The summed E-state index contributed by atoms with van der Waals surface area (Å²) in [6.45, 7) is 3.14. The number of nitrogens with one attached hydrogen (secondary N) is 1. The van der Waals surface area contributed by atoms with Crippen LogP contribution >= 0.6 is 11.8 Å². The highest BCUT2D eigenvalue weighted by molar-refractivity contribution is 8.16. The van der Waals surface area contributed by atoms with Crippen LogP contribution in [-0.4, -0.2) is 32.7 Å². The first-order valence-electron chi connectivity index (χ1n) is 9.96. The average Bonchev–Trinajstić information content (AvgIpc) is 3.07. The molecule has 144 valence electrons. The summed E-state index contributed by atoms with van der Waals surface area (Å²) < 4.78 is -0.768. The van der Waals surface area contributed by atoms with Gasteiger partial charge in [0, 0.05) is 13.1 Å². The van der Waals surface area contributed by atoms with Crippen molar-refractivity contribution in [3.05, 3.63) is 35.4 Å². The Kier molecular flexibility index (Phi) is 5.26. The highest BCUT2D eigenvalue weighted by Gasteiger charge is 2.45. The van der Waals surface area contributed by atoms with E-state index in [1.54, 1.807) is 0 Å². The van der Waals surface area contributed by atoms with Crippen LogP contribution in [0.5, 0.6) is 0 Å². The van der Waals surface area contributed by atoms with E-state index in [9.17, 15) is 9.59 Å². The van der Waals surface area contributed by atoms with Gasteiger partial charge in [-0.25, -0.2) is 0 Å². The predicted molar refractivity (Wildman–Crippen MR) is 108 cm³/mol. The number of rotatable bonds is 3. The Balaban J connectivity index is 1.39. The summed E-state index contributed by atoms with van der Waals surface area (Å²) >= 11 is 1.43. The Hall–Kier alpha value is -1.82. The number of carbonyl (C=O) groups excluding carboxylic acids is 2. The summed E-state index contributed by atoms with van der Waals surface area (Å²) in [4.78, 5) is 32.1. The van der Waals surface area contributed by atoms with Gasteiger partial charge in [0.15, 0.2) is 5.17 Å². The van der Waals surface area contributed by atoms with Crippen LogP contribution in [0.4, 0.5) is 0 Å². The molecule has 1 N–H and O–H groups in total. The topological polar surface area (TPSA) is 61.8 Å². The SMILES string of the molecule is CC1(CC(=O)N2Cc3ccccc3C2)SC(=NC2CCCCCC2)NC1=O. The van der Waals surface area contributed by atoms with Gasteiger partial charge in [0.25, 0.3) is 0 Å². The molecule has 1 saturated carbocycles. The van der Waals surface area contributed by atoms with Gasteiger partial charge in [-0.3, -0.25) is 14.6 Å². The van der Waals surface area contributed by atoms with Gasteiger partial charge in [-0.05, 0) is 30.9 Å². The molecule has 27 heavy (non-hydrogen) atoms. The maximum absolute atomic E-state index is 12.9. The summed E-state index contributed by atoms with van der Waals surface area (Å²) in [5.41, 5.74) is 2.41. The van der Waals surface area contributed by atoms with E-state index < -0.39 is 4.75 Å². The number of hydrogen-bond acceptors (Lipinski definition) is 4. The summed E-state index contributed by atoms with van der Waals surface area (Å²) in [5.74, 6) is -0.0583. The second kappa shape index (κ2) is 7.66. The van der Waals surface area contributed by atoms with Gasteiger partial charge >= 0.3 is 0 Å². The van der Waals surface area contributed by atoms with E-state index in [4.69, 9.17) is 4.99 Å². The number of thioether (sulfide) groups is 1. The molecule has 1 aromatic carbocycles. The van der Waals surface area contributed by atoms with Crippen LogP contribution in [0, 0.1) is 0 Å². The second-order valence-corrected chi connectivity index (χ2v) is 9.55. The normalized spacial score (nSPS) is 27.5. The molecule has 0 spiro atoms. The molecule has 2 heterocycles. The van der Waals surface area contributed by atoms with Crippen LogP contribution in [0.3, 0.4) is 0 Å². The maximum atomic E-state index is 12.9. The number of amides is 2. The van der Waals surface area contributed by atoms with Crippen molar-refractivity contribution in [2.75, 3.05) is 0 Å². The molecule has 3 aliphatic rings. The highest BCUT2D eigenvalue weighted by Crippen LogP contribution is 2.37. The van der Waals surface area contributed by atoms with Crippen molar-refractivity contribution in [2.45, 2.75) is 75.7 Å². The third-order valence-electron chi connectivity index (χ3n) is 5.83. The molecule has 6 heteroatoms. The van der Waals surface area contributed by atoms with Gasteiger partial charge in [0.05, 0.1) is 12.5 Å². The first-order chi connectivity index (χ1) is 13.0. The third kappa shape index (κ3) is 4.05. The summed E-state index contributed by atoms with van der Waals surface area (Å²) in [5, 5.41) is 3.63. The van der Waals surface area contributed by atoms with Gasteiger partial charge in [-0.1, -0.05) is 61.7 Å². The van der Waals surface area contributed by atoms with Crippen molar-refractivity contribution in [1.82, 2.24) is 10.2 Å². The lowest BCUT2D eigenvalue weighted by Gasteiger charge is -2.22. The minimum absolute atomic E-state index is 0.0343. The fourth-order valence-corrected chi connectivity index (χ4v) is 5.26. The van der Waals surface area contributed by atoms with Gasteiger partial charge in [0.2, 0.25) is 11.8 Å². The lowest BCUT2D eigenvalue weighted by molar-refractivity contribution is -0.134. The smallest absolute Gasteiger partial charge is 0.242 e. The molecule has 4 rings (SSSR count). The standard InChI is InChI=1S/C21H27N3O2S/c1-21(12-18(25)24-13-15-8-6-7-9-16(15)14-24)19(26)23-20(27-21)22-17-10-4-2-3-5-11-17/h6-9,17H,2-5,10-14H2,1H3,(H,22,23,26). The molecule has 1 aromatic rings. The van der Waals surface area contributed by atoms with Gasteiger partial charge in [-0.15, -0.1) is 0 Å². The first kappa shape index (κ1) is 18.5. The van der Waals surface area contributed by atoms with E-state index >= 15 is 0 Å². The molecule has 0 bridgehead atoms. The van der Waals surface area contributed by atoms with Crippen LogP contribution in [0.25, 0.3) is 0 Å². The number of hydrogen-bond donors (Lipinski definition) is 1. The Morgan fingerprint density at radius 3 is 2.44 bits per heavy atom. The Morgan fingerprint density at radius 2 is 1.81 bits per heavy atom. The van der Waals surface area contributed by atoms with Crippen LogP contribution in [0.1, 0.15) is 63.0 Å². The number of amidine groups is 1. The van der Waals surface area contributed by atoms with Gasteiger partial charge < -0.3 is 10.2 Å². The Bertz CT molecular complexity index is 745. The molecule has 0 radical (unpaired) electrons. The number of aliphatic imine (C=N–C) groups is 1. The lowest BCUT2D eigenvalue weighted by Crippen LogP contribution is -2.39. The van der Waals surface area contributed by atoms with Crippen molar-refractivity contribution in [1.29, 1.82) is 0 Å². The van der Waals surface area contributed by atoms with E-state index in [0.29, 0.717) is 24.3 Å². The van der Waals surface area contributed by atoms with Gasteiger partial charge in [-0.2, -0.15) is 0 Å². The van der Waals surface area contributed by atoms with Crippen LogP contribution < -0.4 is 5.32 Å². The minimum atomic E-state index is -0.768. The van der Waals surface area contributed by atoms with Crippen molar-refractivity contribution in [2.24, 2.45) is 4.99 Å². The maximum Gasteiger partial charge on any atom is 0.242 e. The number of nitrogens with zero attached hydrogens (tertiary/aromatic N) is 2. The molecule has 0 aromatic heterocycles. The summed E-state index contributed by atoms with van der Waals surface area (Å²) in [6, 6.07) is 8.45. The Labute approximate surface area is 165 Å². The molecule has 2 aliphatic heterocycles. The first-order valence-corrected chi connectivity index (χ1v) is 10.8. The van der Waals surface area contributed by atoms with E-state index in [1.807, 2.05) is 24.0 Å². The zero-order chi connectivity index (χ0) is 18.9. The zero-order valence-corrected chi connectivity index (χ0v) is 16.7. The number of fused-ring (bicyclic) bond motifs is 1. The van der Waals surface area contributed by atoms with Gasteiger partial charge in [0.1, 0.15) is 4.75 Å². The Morgan fingerprint density at radius 1 is 1.19 bits per heavy atom. The molecule has 5 nitrogen and oxygen atoms in total. The van der Waals surface area contributed by atoms with Crippen LogP contribution in [-0.2, 0) is 22.7 Å². The largest absolute Gasteiger partial charge is 0.334 e. The van der Waals surface area contributed by atoms with E-state index in [-0.39, 0.29) is 18.2 Å². The van der Waals surface area contributed by atoms with Crippen LogP contribution in [0.15, 0.2) is 29.3 Å². The molecule has 2 amide bonds. The molecule has 2 fully saturated rings. The van der Waals surface area contributed by atoms with Crippen molar-refractivity contribution < 1.29 is 9.59 Å². The minimum Gasteiger partial charge on any atom is -0.334 e. The summed E-state index contributed by atoms with van der Waals surface area (Å²) in [6.07, 6.45) is 7.40.